The smallest absolute Gasteiger partial charge is 0.225 e. The Labute approximate surface area is 126 Å². The Bertz CT molecular complexity index is 592. The molecular formula is C17H23NO3. The summed E-state index contributed by atoms with van der Waals surface area (Å²) < 4.78 is 11.5. The Kier molecular flexibility index (Phi) is 3.06. The molecule has 1 aromatic carbocycles. The maximum absolute atomic E-state index is 12.6. The third kappa shape index (κ3) is 2.13. The lowest BCUT2D eigenvalue weighted by atomic mass is 9.88. The number of fused-ring (bicyclic) bond motifs is 3. The van der Waals surface area contributed by atoms with Crippen molar-refractivity contribution in [3.05, 3.63) is 29.3 Å². The summed E-state index contributed by atoms with van der Waals surface area (Å²) in [7, 11) is 1.67. The van der Waals surface area contributed by atoms with E-state index in [-0.39, 0.29) is 11.9 Å². The minimum absolute atomic E-state index is 0.0524. The zero-order valence-electron chi connectivity index (χ0n) is 13.4. The molecule has 0 N–H and O–H groups in total. The molecule has 3 rings (SSSR count). The molecule has 21 heavy (non-hydrogen) atoms. The van der Waals surface area contributed by atoms with Crippen molar-refractivity contribution in [3.63, 3.8) is 0 Å². The van der Waals surface area contributed by atoms with E-state index in [2.05, 4.69) is 19.9 Å². The maximum atomic E-state index is 12.6. The molecule has 1 atom stereocenters. The lowest BCUT2D eigenvalue weighted by molar-refractivity contribution is -0.149. The molecule has 2 heterocycles. The van der Waals surface area contributed by atoms with Gasteiger partial charge in [-0.1, -0.05) is 6.07 Å². The Morgan fingerprint density at radius 1 is 1.24 bits per heavy atom. The first-order valence-electron chi connectivity index (χ1n) is 7.45. The fraction of sp³-hybridized carbons (Fsp3) is 0.588. The van der Waals surface area contributed by atoms with Gasteiger partial charge < -0.3 is 14.4 Å². The molecule has 2 aliphatic rings. The van der Waals surface area contributed by atoms with E-state index in [0.717, 1.165) is 12.2 Å². The van der Waals surface area contributed by atoms with E-state index < -0.39 is 11.3 Å². The normalized spacial score (nSPS) is 26.0. The SMILES string of the molecule is COc1ccc2c(c1)CCC(=O)N1[C@@H]2C(C)(C)OC1(C)C. The summed E-state index contributed by atoms with van der Waals surface area (Å²) in [5, 5.41) is 0. The summed E-state index contributed by atoms with van der Waals surface area (Å²) in [5.74, 6) is 0.997. The average Bonchev–Trinajstić information content (AvgIpc) is 2.51. The van der Waals surface area contributed by atoms with Crippen LogP contribution in [0.5, 0.6) is 5.75 Å². The summed E-state index contributed by atoms with van der Waals surface area (Å²) in [6.07, 6.45) is 1.27. The van der Waals surface area contributed by atoms with Gasteiger partial charge in [0.25, 0.3) is 0 Å². The van der Waals surface area contributed by atoms with Gasteiger partial charge in [-0.3, -0.25) is 4.79 Å². The van der Waals surface area contributed by atoms with Crippen LogP contribution in [-0.2, 0) is 16.0 Å². The number of hydrogen-bond donors (Lipinski definition) is 0. The van der Waals surface area contributed by atoms with Crippen LogP contribution in [0.3, 0.4) is 0 Å². The van der Waals surface area contributed by atoms with Gasteiger partial charge in [-0.15, -0.1) is 0 Å². The minimum atomic E-state index is -0.577. The molecular weight excluding hydrogens is 266 g/mol. The number of benzene rings is 1. The van der Waals surface area contributed by atoms with E-state index >= 15 is 0 Å². The number of carbonyl (C=O) groups excluding carboxylic acids is 1. The van der Waals surface area contributed by atoms with Gasteiger partial charge in [-0.2, -0.15) is 0 Å². The van der Waals surface area contributed by atoms with Gasteiger partial charge >= 0.3 is 0 Å². The Morgan fingerprint density at radius 2 is 1.95 bits per heavy atom. The average molecular weight is 289 g/mol. The fourth-order valence-electron chi connectivity index (χ4n) is 3.88. The number of ether oxygens (including phenoxy) is 2. The number of carbonyl (C=O) groups is 1. The molecule has 2 aliphatic heterocycles. The van der Waals surface area contributed by atoms with Crippen molar-refractivity contribution in [2.45, 2.75) is 57.9 Å². The highest BCUT2D eigenvalue weighted by Gasteiger charge is 2.55. The van der Waals surface area contributed by atoms with Gasteiger partial charge in [0.1, 0.15) is 11.5 Å². The molecule has 0 radical (unpaired) electrons. The van der Waals surface area contributed by atoms with Crippen LogP contribution in [0.1, 0.15) is 51.3 Å². The van der Waals surface area contributed by atoms with Gasteiger partial charge in [-0.05, 0) is 57.4 Å². The van der Waals surface area contributed by atoms with Crippen LogP contribution in [0.2, 0.25) is 0 Å². The summed E-state index contributed by atoms with van der Waals surface area (Å²) >= 11 is 0. The lowest BCUT2D eigenvalue weighted by Gasteiger charge is -2.33. The monoisotopic (exact) mass is 289 g/mol. The highest BCUT2D eigenvalue weighted by molar-refractivity contribution is 5.79. The number of aryl methyl sites for hydroxylation is 1. The third-order valence-corrected chi connectivity index (χ3v) is 4.53. The van der Waals surface area contributed by atoms with Crippen molar-refractivity contribution in [2.24, 2.45) is 0 Å². The van der Waals surface area contributed by atoms with Crippen molar-refractivity contribution in [2.75, 3.05) is 7.11 Å². The minimum Gasteiger partial charge on any atom is -0.497 e. The van der Waals surface area contributed by atoms with Crippen LogP contribution >= 0.6 is 0 Å². The molecule has 1 fully saturated rings. The molecule has 0 bridgehead atoms. The predicted molar refractivity (Wildman–Crippen MR) is 80.1 cm³/mol. The van der Waals surface area contributed by atoms with Crippen LogP contribution in [-0.4, -0.2) is 29.2 Å². The molecule has 1 aromatic rings. The Hall–Kier alpha value is -1.55. The van der Waals surface area contributed by atoms with Gasteiger partial charge in [0.15, 0.2) is 0 Å². The highest BCUT2D eigenvalue weighted by Crippen LogP contribution is 2.50. The number of nitrogens with zero attached hydrogens (tertiary/aromatic N) is 1. The number of rotatable bonds is 1. The summed E-state index contributed by atoms with van der Waals surface area (Å²) in [6, 6.07) is 6.04. The molecule has 1 saturated heterocycles. The topological polar surface area (TPSA) is 38.8 Å². The standard InChI is InChI=1S/C17H23NO3/c1-16(2)15-13-8-7-12(20-5)10-11(13)6-9-14(19)18(15)17(3,4)21-16/h7-8,10,15H,6,9H2,1-5H3/t15-/m0/s1. The Morgan fingerprint density at radius 3 is 2.62 bits per heavy atom. The third-order valence-electron chi connectivity index (χ3n) is 4.53. The highest BCUT2D eigenvalue weighted by atomic mass is 16.6. The molecule has 0 spiro atoms. The van der Waals surface area contributed by atoms with E-state index in [0.29, 0.717) is 6.42 Å². The molecule has 114 valence electrons. The zero-order chi connectivity index (χ0) is 15.4. The van der Waals surface area contributed by atoms with E-state index in [4.69, 9.17) is 9.47 Å². The molecule has 4 heteroatoms. The quantitative estimate of drug-likeness (QED) is 0.797. The van der Waals surface area contributed by atoms with Crippen LogP contribution < -0.4 is 4.74 Å². The van der Waals surface area contributed by atoms with Crippen molar-refractivity contribution in [1.29, 1.82) is 0 Å². The fourth-order valence-corrected chi connectivity index (χ4v) is 3.88. The Balaban J connectivity index is 2.17. The van der Waals surface area contributed by atoms with Crippen molar-refractivity contribution >= 4 is 5.91 Å². The largest absolute Gasteiger partial charge is 0.497 e. The van der Waals surface area contributed by atoms with Crippen molar-refractivity contribution in [3.8, 4) is 5.75 Å². The summed E-state index contributed by atoms with van der Waals surface area (Å²) in [5.41, 5.74) is 1.38. The number of amides is 1. The second-order valence-corrected chi connectivity index (χ2v) is 6.88. The van der Waals surface area contributed by atoms with Crippen molar-refractivity contribution < 1.29 is 14.3 Å². The molecule has 0 aromatic heterocycles. The molecule has 0 unspecified atom stereocenters. The summed E-state index contributed by atoms with van der Waals surface area (Å²) in [4.78, 5) is 14.6. The predicted octanol–water partition coefficient (Wildman–Crippen LogP) is 3.06. The van der Waals surface area contributed by atoms with Gasteiger partial charge in [0.05, 0.1) is 18.8 Å². The maximum Gasteiger partial charge on any atom is 0.225 e. The molecule has 4 nitrogen and oxygen atoms in total. The molecule has 0 saturated carbocycles. The first-order valence-corrected chi connectivity index (χ1v) is 7.45. The summed E-state index contributed by atoms with van der Waals surface area (Å²) in [6.45, 7) is 8.07. The van der Waals surface area contributed by atoms with E-state index in [1.807, 2.05) is 30.9 Å². The first-order chi connectivity index (χ1) is 9.76. The van der Waals surface area contributed by atoms with Crippen molar-refractivity contribution in [1.82, 2.24) is 4.90 Å². The number of methoxy groups -OCH3 is 1. The molecule has 0 aliphatic carbocycles. The lowest BCUT2D eigenvalue weighted by Crippen LogP contribution is -2.44. The second kappa shape index (κ2) is 4.47. The van der Waals surface area contributed by atoms with Crippen LogP contribution in [0, 0.1) is 0 Å². The van der Waals surface area contributed by atoms with Gasteiger partial charge in [0, 0.05) is 6.42 Å². The molecule has 1 amide bonds. The van der Waals surface area contributed by atoms with Crippen LogP contribution in [0.4, 0.5) is 0 Å². The van der Waals surface area contributed by atoms with Crippen LogP contribution in [0.15, 0.2) is 18.2 Å². The van der Waals surface area contributed by atoms with Gasteiger partial charge in [-0.25, -0.2) is 0 Å². The van der Waals surface area contributed by atoms with E-state index in [1.165, 1.54) is 11.1 Å². The number of hydrogen-bond acceptors (Lipinski definition) is 3. The van der Waals surface area contributed by atoms with E-state index in [9.17, 15) is 4.79 Å². The van der Waals surface area contributed by atoms with E-state index in [1.54, 1.807) is 7.11 Å². The zero-order valence-corrected chi connectivity index (χ0v) is 13.4. The first kappa shape index (κ1) is 14.4. The second-order valence-electron chi connectivity index (χ2n) is 6.88. The van der Waals surface area contributed by atoms with Crippen LogP contribution in [0.25, 0.3) is 0 Å². The van der Waals surface area contributed by atoms with Gasteiger partial charge in [0.2, 0.25) is 5.91 Å².